The number of aryl methyl sites for hydroxylation is 2. The van der Waals surface area contributed by atoms with Crippen molar-refractivity contribution in [3.8, 4) is 0 Å². The topological polar surface area (TPSA) is 86.8 Å². The standard InChI is InChI=1S/C37H39Cl2N3O4S/c1-26-15-19-33(20-16-26)47(45,46)42(32-14-8-9-27(2)21-32)25-36(43)41(24-29-17-18-30(38)23-34(29)39)35(22-28-10-4-3-5-11-28)37(44)40-31-12-6-7-13-31/h3-5,8-11,14-21,23,31,35H,6-7,12-13,22,24-25H2,1-2H3,(H,40,44). The lowest BCUT2D eigenvalue weighted by molar-refractivity contribution is -0.140. The van der Waals surface area contributed by atoms with Gasteiger partial charge in [0, 0.05) is 29.1 Å². The molecule has 0 heterocycles. The fraction of sp³-hybridized carbons (Fsp3) is 0.297. The molecule has 1 saturated carbocycles. The molecule has 10 heteroatoms. The van der Waals surface area contributed by atoms with Gasteiger partial charge in [0.05, 0.1) is 10.6 Å². The molecule has 0 saturated heterocycles. The van der Waals surface area contributed by atoms with Crippen LogP contribution in [-0.4, -0.2) is 43.8 Å². The van der Waals surface area contributed by atoms with Crippen LogP contribution in [0.25, 0.3) is 0 Å². The Morgan fingerprint density at radius 3 is 2.21 bits per heavy atom. The molecule has 0 radical (unpaired) electrons. The zero-order valence-corrected chi connectivity index (χ0v) is 28.9. The first kappa shape index (κ1) is 34.5. The fourth-order valence-electron chi connectivity index (χ4n) is 5.90. The number of rotatable bonds is 12. The SMILES string of the molecule is Cc1ccc(S(=O)(=O)N(CC(=O)N(Cc2ccc(Cl)cc2Cl)C(Cc2ccccc2)C(=O)NC2CCCC2)c2cccc(C)c2)cc1. The third-order valence-corrected chi connectivity index (χ3v) is 10.9. The summed E-state index contributed by atoms with van der Waals surface area (Å²) in [7, 11) is -4.18. The number of anilines is 1. The largest absolute Gasteiger partial charge is 0.352 e. The summed E-state index contributed by atoms with van der Waals surface area (Å²) < 4.78 is 29.6. The van der Waals surface area contributed by atoms with Gasteiger partial charge in [-0.05, 0) is 79.8 Å². The second-order valence-electron chi connectivity index (χ2n) is 12.1. The smallest absolute Gasteiger partial charge is 0.264 e. The number of sulfonamides is 1. The van der Waals surface area contributed by atoms with Crippen LogP contribution < -0.4 is 9.62 Å². The minimum atomic E-state index is -4.18. The molecule has 1 aliphatic carbocycles. The van der Waals surface area contributed by atoms with Crippen LogP contribution in [0.3, 0.4) is 0 Å². The quantitative estimate of drug-likeness (QED) is 0.167. The van der Waals surface area contributed by atoms with Crippen LogP contribution in [0.5, 0.6) is 0 Å². The Hall–Kier alpha value is -3.85. The number of amides is 2. The summed E-state index contributed by atoms with van der Waals surface area (Å²) in [6, 6.07) is 27.1. The molecule has 1 fully saturated rings. The third-order valence-electron chi connectivity index (χ3n) is 8.51. The van der Waals surface area contributed by atoms with E-state index in [1.54, 1.807) is 48.5 Å². The molecule has 0 spiro atoms. The van der Waals surface area contributed by atoms with Crippen LogP contribution in [0, 0.1) is 13.8 Å². The molecule has 5 rings (SSSR count). The fourth-order valence-corrected chi connectivity index (χ4v) is 7.78. The number of hydrogen-bond donors (Lipinski definition) is 1. The van der Waals surface area contributed by atoms with Gasteiger partial charge in [-0.25, -0.2) is 8.42 Å². The number of nitrogens with one attached hydrogen (secondary N) is 1. The summed E-state index contributed by atoms with van der Waals surface area (Å²) in [5.74, 6) is -0.835. The van der Waals surface area contributed by atoms with Gasteiger partial charge in [0.1, 0.15) is 12.6 Å². The number of halogens is 2. The highest BCUT2D eigenvalue weighted by Crippen LogP contribution is 2.28. The molecule has 2 amide bonds. The van der Waals surface area contributed by atoms with E-state index >= 15 is 0 Å². The lowest BCUT2D eigenvalue weighted by atomic mass is 10.0. The van der Waals surface area contributed by atoms with Crippen molar-refractivity contribution in [1.29, 1.82) is 0 Å². The van der Waals surface area contributed by atoms with Crippen LogP contribution in [0.15, 0.2) is 102 Å². The molecular weight excluding hydrogens is 653 g/mol. The Labute approximate surface area is 287 Å². The van der Waals surface area contributed by atoms with E-state index in [4.69, 9.17) is 23.2 Å². The third kappa shape index (κ3) is 8.74. The monoisotopic (exact) mass is 691 g/mol. The van der Waals surface area contributed by atoms with Gasteiger partial charge in [0.15, 0.2) is 0 Å². The second kappa shape index (κ2) is 15.4. The average molecular weight is 693 g/mol. The molecule has 1 unspecified atom stereocenters. The molecular formula is C37H39Cl2N3O4S. The zero-order chi connectivity index (χ0) is 33.6. The summed E-state index contributed by atoms with van der Waals surface area (Å²) in [6.45, 7) is 3.17. The number of benzene rings is 4. The van der Waals surface area contributed by atoms with E-state index in [1.165, 1.54) is 17.0 Å². The normalized spacial score (nSPS) is 14.0. The van der Waals surface area contributed by atoms with E-state index in [9.17, 15) is 18.0 Å². The van der Waals surface area contributed by atoms with Gasteiger partial charge in [0.25, 0.3) is 10.0 Å². The van der Waals surface area contributed by atoms with E-state index in [2.05, 4.69) is 5.32 Å². The van der Waals surface area contributed by atoms with E-state index in [-0.39, 0.29) is 29.8 Å². The minimum Gasteiger partial charge on any atom is -0.352 e. The van der Waals surface area contributed by atoms with Gasteiger partial charge < -0.3 is 10.2 Å². The first-order valence-electron chi connectivity index (χ1n) is 15.7. The summed E-state index contributed by atoms with van der Waals surface area (Å²) in [5, 5.41) is 3.96. The maximum Gasteiger partial charge on any atom is 0.264 e. The molecule has 47 heavy (non-hydrogen) atoms. The van der Waals surface area contributed by atoms with E-state index in [0.29, 0.717) is 21.3 Å². The van der Waals surface area contributed by atoms with Crippen molar-refractivity contribution in [2.24, 2.45) is 0 Å². The summed E-state index contributed by atoms with van der Waals surface area (Å²) in [6.07, 6.45) is 4.03. The average Bonchev–Trinajstić information content (AvgIpc) is 3.56. The lowest BCUT2D eigenvalue weighted by Gasteiger charge is -2.34. The summed E-state index contributed by atoms with van der Waals surface area (Å²) in [5.41, 5.74) is 3.53. The van der Waals surface area contributed by atoms with Gasteiger partial charge >= 0.3 is 0 Å². The molecule has 1 N–H and O–H groups in total. The Morgan fingerprint density at radius 1 is 0.851 bits per heavy atom. The van der Waals surface area contributed by atoms with Gasteiger partial charge in [-0.1, -0.05) is 102 Å². The maximum absolute atomic E-state index is 14.7. The first-order chi connectivity index (χ1) is 22.5. The number of hydrogen-bond acceptors (Lipinski definition) is 4. The van der Waals surface area contributed by atoms with Crippen LogP contribution in [0.2, 0.25) is 10.0 Å². The summed E-state index contributed by atoms with van der Waals surface area (Å²) in [4.78, 5) is 30.3. The Kier molecular flexibility index (Phi) is 11.3. The summed E-state index contributed by atoms with van der Waals surface area (Å²) >= 11 is 12.8. The van der Waals surface area contributed by atoms with Crippen molar-refractivity contribution in [3.05, 3.63) is 129 Å². The highest BCUT2D eigenvalue weighted by Gasteiger charge is 2.36. The Balaban J connectivity index is 1.58. The molecule has 0 aliphatic heterocycles. The zero-order valence-electron chi connectivity index (χ0n) is 26.5. The van der Waals surface area contributed by atoms with Gasteiger partial charge in [-0.2, -0.15) is 0 Å². The highest BCUT2D eigenvalue weighted by molar-refractivity contribution is 7.92. The Morgan fingerprint density at radius 2 is 1.55 bits per heavy atom. The van der Waals surface area contributed by atoms with Crippen molar-refractivity contribution >= 4 is 50.7 Å². The van der Waals surface area contributed by atoms with Crippen molar-refractivity contribution in [2.75, 3.05) is 10.8 Å². The molecule has 4 aromatic carbocycles. The van der Waals surface area contributed by atoms with Gasteiger partial charge in [-0.15, -0.1) is 0 Å². The van der Waals surface area contributed by atoms with Gasteiger partial charge in [-0.3, -0.25) is 13.9 Å². The molecule has 0 bridgehead atoms. The van der Waals surface area contributed by atoms with Crippen molar-refractivity contribution in [2.45, 2.75) is 69.5 Å². The molecule has 246 valence electrons. The van der Waals surface area contributed by atoms with E-state index in [1.807, 2.05) is 50.2 Å². The van der Waals surface area contributed by atoms with E-state index < -0.39 is 28.5 Å². The first-order valence-corrected chi connectivity index (χ1v) is 17.9. The van der Waals surface area contributed by atoms with Gasteiger partial charge in [0.2, 0.25) is 11.8 Å². The number of carbonyl (C=O) groups excluding carboxylic acids is 2. The lowest BCUT2D eigenvalue weighted by Crippen LogP contribution is -2.54. The molecule has 0 aromatic heterocycles. The second-order valence-corrected chi connectivity index (χ2v) is 14.8. The predicted molar refractivity (Wildman–Crippen MR) is 188 cm³/mol. The van der Waals surface area contributed by atoms with Crippen molar-refractivity contribution in [3.63, 3.8) is 0 Å². The van der Waals surface area contributed by atoms with Crippen molar-refractivity contribution in [1.82, 2.24) is 10.2 Å². The van der Waals surface area contributed by atoms with Crippen LogP contribution in [0.1, 0.15) is 47.9 Å². The molecule has 7 nitrogen and oxygen atoms in total. The predicted octanol–water partition coefficient (Wildman–Crippen LogP) is 7.50. The number of carbonyl (C=O) groups is 2. The molecule has 1 atom stereocenters. The molecule has 4 aromatic rings. The Bertz CT molecular complexity index is 1810. The highest BCUT2D eigenvalue weighted by atomic mass is 35.5. The van der Waals surface area contributed by atoms with Crippen molar-refractivity contribution < 1.29 is 18.0 Å². The van der Waals surface area contributed by atoms with E-state index in [0.717, 1.165) is 46.7 Å². The number of nitrogens with zero attached hydrogens (tertiary/aromatic N) is 2. The molecule has 1 aliphatic rings. The minimum absolute atomic E-state index is 0.0163. The van der Waals surface area contributed by atoms with Crippen LogP contribution >= 0.6 is 23.2 Å². The van der Waals surface area contributed by atoms with Crippen LogP contribution in [0.4, 0.5) is 5.69 Å². The maximum atomic E-state index is 14.7. The van der Waals surface area contributed by atoms with Crippen LogP contribution in [-0.2, 0) is 32.6 Å².